The summed E-state index contributed by atoms with van der Waals surface area (Å²) in [5.41, 5.74) is 6.65. The maximum atomic E-state index is 11.7. The van der Waals surface area contributed by atoms with Crippen LogP contribution in [0.1, 0.15) is 18.4 Å². The Balaban J connectivity index is 2.29. The van der Waals surface area contributed by atoms with Crippen LogP contribution in [0.3, 0.4) is 0 Å². The number of carbonyl (C=O) groups excluding carboxylic acids is 1. The van der Waals surface area contributed by atoms with Gasteiger partial charge in [0.2, 0.25) is 0 Å². The number of ether oxygens (including phenoxy) is 1. The maximum absolute atomic E-state index is 11.7. The fraction of sp³-hybridized carbons (Fsp3) is 0.500. The summed E-state index contributed by atoms with van der Waals surface area (Å²) in [6.45, 7) is 1.25. The summed E-state index contributed by atoms with van der Waals surface area (Å²) >= 11 is 0. The smallest absolute Gasteiger partial charge is 0.328 e. The average molecular weight is 235 g/mol. The third-order valence-electron chi connectivity index (χ3n) is 3.09. The summed E-state index contributed by atoms with van der Waals surface area (Å²) < 4.78 is 4.82. The average Bonchev–Trinajstić information content (AvgIpc) is 2.86. The van der Waals surface area contributed by atoms with Crippen molar-refractivity contribution in [2.75, 3.05) is 18.6 Å². The summed E-state index contributed by atoms with van der Waals surface area (Å²) in [6.07, 6.45) is 3.51. The molecule has 1 aliphatic rings. The van der Waals surface area contributed by atoms with Crippen LogP contribution in [0, 0.1) is 0 Å². The molecule has 92 valence electrons. The number of pyridine rings is 1. The van der Waals surface area contributed by atoms with Gasteiger partial charge in [-0.1, -0.05) is 6.07 Å². The Morgan fingerprint density at radius 3 is 3.24 bits per heavy atom. The molecule has 1 aliphatic heterocycles. The van der Waals surface area contributed by atoms with E-state index in [1.165, 1.54) is 7.11 Å². The molecule has 1 atom stereocenters. The Kier molecular flexibility index (Phi) is 3.58. The Bertz CT molecular complexity index is 408. The van der Waals surface area contributed by atoms with E-state index in [0.29, 0.717) is 6.54 Å². The van der Waals surface area contributed by atoms with Crippen molar-refractivity contribution in [1.29, 1.82) is 0 Å². The molecule has 1 saturated heterocycles. The Morgan fingerprint density at radius 2 is 2.53 bits per heavy atom. The minimum atomic E-state index is -0.222. The molecule has 5 nitrogen and oxygen atoms in total. The summed E-state index contributed by atoms with van der Waals surface area (Å²) in [5, 5.41) is 0. The van der Waals surface area contributed by atoms with E-state index in [9.17, 15) is 4.79 Å². The molecule has 2 heterocycles. The quantitative estimate of drug-likeness (QED) is 0.780. The highest BCUT2D eigenvalue weighted by Crippen LogP contribution is 2.27. The normalized spacial score (nSPS) is 19.4. The van der Waals surface area contributed by atoms with Gasteiger partial charge in [0.15, 0.2) is 0 Å². The van der Waals surface area contributed by atoms with E-state index in [1.807, 2.05) is 17.0 Å². The van der Waals surface area contributed by atoms with Gasteiger partial charge in [-0.25, -0.2) is 9.78 Å². The zero-order valence-corrected chi connectivity index (χ0v) is 9.93. The first-order valence-electron chi connectivity index (χ1n) is 5.76. The van der Waals surface area contributed by atoms with E-state index in [0.717, 1.165) is 30.8 Å². The molecule has 0 saturated carbocycles. The number of anilines is 1. The van der Waals surface area contributed by atoms with Gasteiger partial charge in [0.05, 0.1) is 7.11 Å². The van der Waals surface area contributed by atoms with E-state index in [1.54, 1.807) is 6.20 Å². The summed E-state index contributed by atoms with van der Waals surface area (Å²) in [4.78, 5) is 18.0. The van der Waals surface area contributed by atoms with Crippen LogP contribution in [0.2, 0.25) is 0 Å². The third-order valence-corrected chi connectivity index (χ3v) is 3.09. The number of rotatable bonds is 3. The molecule has 1 unspecified atom stereocenters. The molecular formula is C12H17N3O2. The van der Waals surface area contributed by atoms with Crippen molar-refractivity contribution < 1.29 is 9.53 Å². The van der Waals surface area contributed by atoms with Crippen LogP contribution in [0.25, 0.3) is 0 Å². The van der Waals surface area contributed by atoms with Crippen molar-refractivity contribution in [2.24, 2.45) is 5.73 Å². The monoisotopic (exact) mass is 235 g/mol. The number of nitrogens with zero attached hydrogens (tertiary/aromatic N) is 2. The molecule has 5 heteroatoms. The van der Waals surface area contributed by atoms with Crippen LogP contribution < -0.4 is 10.6 Å². The fourth-order valence-electron chi connectivity index (χ4n) is 2.25. The van der Waals surface area contributed by atoms with E-state index < -0.39 is 0 Å². The Morgan fingerprint density at radius 1 is 1.71 bits per heavy atom. The predicted molar refractivity (Wildman–Crippen MR) is 64.5 cm³/mol. The third kappa shape index (κ3) is 2.24. The standard InChI is InChI=1S/C12H17N3O2/c1-17-12(16)10-5-3-7-15(10)11-9(8-13)4-2-6-14-11/h2,4,6,10H,3,5,7-8,13H2,1H3. The summed E-state index contributed by atoms with van der Waals surface area (Å²) in [6, 6.07) is 3.57. The van der Waals surface area contributed by atoms with E-state index in [4.69, 9.17) is 10.5 Å². The molecule has 1 aromatic heterocycles. The van der Waals surface area contributed by atoms with Gasteiger partial charge in [-0.05, 0) is 18.9 Å². The van der Waals surface area contributed by atoms with Crippen LogP contribution >= 0.6 is 0 Å². The molecule has 17 heavy (non-hydrogen) atoms. The minimum absolute atomic E-state index is 0.198. The van der Waals surface area contributed by atoms with Crippen molar-refractivity contribution in [3.05, 3.63) is 23.9 Å². The predicted octanol–water partition coefficient (Wildman–Crippen LogP) is 0.682. The second-order valence-corrected chi connectivity index (χ2v) is 4.06. The Hall–Kier alpha value is -1.62. The second-order valence-electron chi connectivity index (χ2n) is 4.06. The first kappa shape index (κ1) is 11.9. The zero-order chi connectivity index (χ0) is 12.3. The fourth-order valence-corrected chi connectivity index (χ4v) is 2.25. The summed E-state index contributed by atoms with van der Waals surface area (Å²) in [7, 11) is 1.42. The summed E-state index contributed by atoms with van der Waals surface area (Å²) in [5.74, 6) is 0.610. The first-order valence-corrected chi connectivity index (χ1v) is 5.76. The van der Waals surface area contributed by atoms with Gasteiger partial charge in [0, 0.05) is 24.8 Å². The molecule has 2 N–H and O–H groups in total. The van der Waals surface area contributed by atoms with Crippen molar-refractivity contribution in [3.63, 3.8) is 0 Å². The lowest BCUT2D eigenvalue weighted by molar-refractivity contribution is -0.141. The number of nitrogens with two attached hydrogens (primary N) is 1. The van der Waals surface area contributed by atoms with Crippen LogP contribution in [0.15, 0.2) is 18.3 Å². The zero-order valence-electron chi connectivity index (χ0n) is 9.93. The SMILES string of the molecule is COC(=O)C1CCCN1c1ncccc1CN. The lowest BCUT2D eigenvalue weighted by Gasteiger charge is -2.25. The molecule has 0 aromatic carbocycles. The maximum Gasteiger partial charge on any atom is 0.328 e. The van der Waals surface area contributed by atoms with Crippen molar-refractivity contribution in [2.45, 2.75) is 25.4 Å². The lowest BCUT2D eigenvalue weighted by Crippen LogP contribution is -2.38. The van der Waals surface area contributed by atoms with Gasteiger partial charge in [-0.3, -0.25) is 0 Å². The highest BCUT2D eigenvalue weighted by Gasteiger charge is 2.33. The highest BCUT2D eigenvalue weighted by molar-refractivity contribution is 5.80. The van der Waals surface area contributed by atoms with Crippen LogP contribution in [0.5, 0.6) is 0 Å². The number of aromatic nitrogens is 1. The first-order chi connectivity index (χ1) is 8.27. The molecule has 0 radical (unpaired) electrons. The topological polar surface area (TPSA) is 68.5 Å². The molecule has 0 spiro atoms. The second kappa shape index (κ2) is 5.14. The van der Waals surface area contributed by atoms with Gasteiger partial charge in [0.1, 0.15) is 11.9 Å². The molecule has 1 aromatic rings. The Labute approximate surface area is 101 Å². The number of carbonyl (C=O) groups is 1. The molecule has 1 fully saturated rings. The van der Waals surface area contributed by atoms with Crippen molar-refractivity contribution >= 4 is 11.8 Å². The van der Waals surface area contributed by atoms with Crippen molar-refractivity contribution in [1.82, 2.24) is 4.98 Å². The van der Waals surface area contributed by atoms with Crippen LogP contribution in [-0.2, 0) is 16.1 Å². The molecular weight excluding hydrogens is 218 g/mol. The highest BCUT2D eigenvalue weighted by atomic mass is 16.5. The number of hydrogen-bond donors (Lipinski definition) is 1. The van der Waals surface area contributed by atoms with Gasteiger partial charge >= 0.3 is 5.97 Å². The molecule has 0 amide bonds. The molecule has 0 bridgehead atoms. The van der Waals surface area contributed by atoms with Gasteiger partial charge in [-0.15, -0.1) is 0 Å². The van der Waals surface area contributed by atoms with Crippen LogP contribution in [0.4, 0.5) is 5.82 Å². The van der Waals surface area contributed by atoms with Gasteiger partial charge in [-0.2, -0.15) is 0 Å². The lowest BCUT2D eigenvalue weighted by atomic mass is 10.2. The van der Waals surface area contributed by atoms with E-state index in [-0.39, 0.29) is 12.0 Å². The van der Waals surface area contributed by atoms with Gasteiger partial charge < -0.3 is 15.4 Å². The molecule has 2 rings (SSSR count). The van der Waals surface area contributed by atoms with Crippen molar-refractivity contribution in [3.8, 4) is 0 Å². The molecule has 0 aliphatic carbocycles. The van der Waals surface area contributed by atoms with E-state index >= 15 is 0 Å². The number of methoxy groups -OCH3 is 1. The number of hydrogen-bond acceptors (Lipinski definition) is 5. The minimum Gasteiger partial charge on any atom is -0.467 e. The number of esters is 1. The van der Waals surface area contributed by atoms with Gasteiger partial charge in [0.25, 0.3) is 0 Å². The largest absolute Gasteiger partial charge is 0.467 e. The van der Waals surface area contributed by atoms with E-state index in [2.05, 4.69) is 4.98 Å². The van der Waals surface area contributed by atoms with Crippen LogP contribution in [-0.4, -0.2) is 30.6 Å².